The average Bonchev–Trinajstić information content (AvgIpc) is 3.88. The van der Waals surface area contributed by atoms with Crippen molar-refractivity contribution < 1.29 is 4.42 Å². The Morgan fingerprint density at radius 1 is 0.451 bits per heavy atom. The third kappa shape index (κ3) is 4.32. The molecule has 7 aromatic carbocycles. The van der Waals surface area contributed by atoms with Gasteiger partial charge in [-0.15, -0.1) is 11.3 Å². The van der Waals surface area contributed by atoms with Crippen LogP contribution in [0.3, 0.4) is 0 Å². The first-order valence-corrected chi connectivity index (χ1v) is 17.9. The van der Waals surface area contributed by atoms with Crippen molar-refractivity contribution in [3.63, 3.8) is 0 Å². The lowest BCUT2D eigenvalue weighted by molar-refractivity contribution is 0.671. The lowest BCUT2D eigenvalue weighted by atomic mass is 10.0. The van der Waals surface area contributed by atoms with E-state index in [-0.39, 0.29) is 0 Å². The summed E-state index contributed by atoms with van der Waals surface area (Å²) in [7, 11) is 0. The summed E-state index contributed by atoms with van der Waals surface area (Å²) in [5.74, 6) is 0.631. The third-order valence-electron chi connectivity index (χ3n) is 10.0. The van der Waals surface area contributed by atoms with Gasteiger partial charge in [-0.25, -0.2) is 9.97 Å². The van der Waals surface area contributed by atoms with Gasteiger partial charge in [0.25, 0.3) is 0 Å². The summed E-state index contributed by atoms with van der Waals surface area (Å²) in [5, 5.41) is 6.96. The van der Waals surface area contributed by atoms with E-state index in [0.717, 1.165) is 72.1 Å². The number of furan rings is 1. The van der Waals surface area contributed by atoms with E-state index in [9.17, 15) is 0 Å². The second-order valence-corrected chi connectivity index (χ2v) is 14.0. The maximum Gasteiger partial charge on any atom is 0.164 e. The van der Waals surface area contributed by atoms with E-state index < -0.39 is 0 Å². The summed E-state index contributed by atoms with van der Waals surface area (Å²) < 4.78 is 11.9. The Bertz CT molecular complexity index is 3140. The van der Waals surface area contributed by atoms with Gasteiger partial charge in [-0.1, -0.05) is 109 Å². The topological polar surface area (TPSA) is 43.9 Å². The van der Waals surface area contributed by atoms with Crippen LogP contribution in [0.2, 0.25) is 0 Å². The summed E-state index contributed by atoms with van der Waals surface area (Å²) in [5.41, 5.74) is 9.61. The maximum atomic E-state index is 7.03. The van der Waals surface area contributed by atoms with Crippen LogP contribution in [0.5, 0.6) is 0 Å². The molecule has 0 saturated carbocycles. The van der Waals surface area contributed by atoms with Crippen LogP contribution in [0.15, 0.2) is 168 Å². The molecule has 11 aromatic rings. The summed E-state index contributed by atoms with van der Waals surface area (Å²) in [6, 6.07) is 57.6. The van der Waals surface area contributed by atoms with Gasteiger partial charge in [-0.3, -0.25) is 0 Å². The smallest absolute Gasteiger partial charge is 0.164 e. The fourth-order valence-electron chi connectivity index (χ4n) is 7.68. The van der Waals surface area contributed by atoms with E-state index in [1.54, 1.807) is 0 Å². The van der Waals surface area contributed by atoms with Gasteiger partial charge in [0.15, 0.2) is 11.4 Å². The van der Waals surface area contributed by atoms with Crippen LogP contribution in [0.1, 0.15) is 0 Å². The summed E-state index contributed by atoms with van der Waals surface area (Å²) in [6.45, 7) is 0. The second kappa shape index (κ2) is 11.0. The molecule has 0 fully saturated rings. The molecule has 0 aliphatic carbocycles. The van der Waals surface area contributed by atoms with Gasteiger partial charge in [-0.2, -0.15) is 0 Å². The molecule has 0 aliphatic rings. The monoisotopic (exact) mass is 669 g/mol. The minimum absolute atomic E-state index is 0.631. The maximum absolute atomic E-state index is 7.03. The largest absolute Gasteiger partial charge is 0.453 e. The van der Waals surface area contributed by atoms with Gasteiger partial charge >= 0.3 is 0 Å². The number of hydrogen-bond acceptors (Lipinski definition) is 4. The lowest BCUT2D eigenvalue weighted by Gasteiger charge is -2.10. The second-order valence-electron chi connectivity index (χ2n) is 12.9. The highest BCUT2D eigenvalue weighted by Crippen LogP contribution is 2.43. The Morgan fingerprint density at radius 3 is 1.98 bits per heavy atom. The normalized spacial score (nSPS) is 11.9. The van der Waals surface area contributed by atoms with Crippen LogP contribution >= 0.6 is 11.3 Å². The zero-order valence-electron chi connectivity index (χ0n) is 27.2. The molecular weight excluding hydrogens is 643 g/mol. The van der Waals surface area contributed by atoms with Gasteiger partial charge in [-0.05, 0) is 54.6 Å². The van der Waals surface area contributed by atoms with Gasteiger partial charge in [0.2, 0.25) is 0 Å². The van der Waals surface area contributed by atoms with Crippen molar-refractivity contribution in [3.8, 4) is 39.6 Å². The fraction of sp³-hybridized carbons (Fsp3) is 0. The molecule has 0 saturated heterocycles. The molecule has 0 spiro atoms. The molecule has 0 N–H and O–H groups in total. The molecule has 0 bridgehead atoms. The Hall–Kier alpha value is -6.56. The number of aromatic nitrogens is 3. The van der Waals surface area contributed by atoms with E-state index >= 15 is 0 Å². The summed E-state index contributed by atoms with van der Waals surface area (Å²) in [4.78, 5) is 10.5. The van der Waals surface area contributed by atoms with Crippen molar-refractivity contribution in [2.75, 3.05) is 0 Å². The van der Waals surface area contributed by atoms with Crippen LogP contribution < -0.4 is 0 Å². The van der Waals surface area contributed by atoms with Crippen LogP contribution in [0.25, 0.3) is 104 Å². The first-order valence-electron chi connectivity index (χ1n) is 17.1. The number of benzene rings is 7. The SMILES string of the molecule is c1ccc(-c2cc(-c3ccc4sc5ccccc5c4c3)nc(-c3cccc4c3oc3c4ccc4c5ccccc5n(-c5ccccc5)c43)n2)cc1. The fourth-order valence-corrected chi connectivity index (χ4v) is 8.77. The first kappa shape index (κ1) is 28.3. The first-order chi connectivity index (χ1) is 25.3. The highest BCUT2D eigenvalue weighted by atomic mass is 32.1. The third-order valence-corrected chi connectivity index (χ3v) is 11.2. The van der Waals surface area contributed by atoms with Crippen LogP contribution in [0.4, 0.5) is 0 Å². The standard InChI is InChI=1S/C46H27N3OS/c1-3-12-28(13-4-1)38-27-39(29-22-25-42-37(26-29)32-17-8-10-21-41(32)51-42)48-46(47-38)36-19-11-18-34-35-24-23-33-31-16-7-9-20-40(31)49(30-14-5-2-6-15-30)43(33)45(35)50-44(34)36/h1-27H. The molecule has 0 amide bonds. The summed E-state index contributed by atoms with van der Waals surface area (Å²) >= 11 is 1.82. The molecule has 238 valence electrons. The zero-order chi connectivity index (χ0) is 33.5. The van der Waals surface area contributed by atoms with Crippen molar-refractivity contribution in [1.29, 1.82) is 0 Å². The molecule has 0 atom stereocenters. The molecule has 4 nitrogen and oxygen atoms in total. The van der Waals surface area contributed by atoms with Crippen molar-refractivity contribution in [3.05, 3.63) is 164 Å². The van der Waals surface area contributed by atoms with Crippen molar-refractivity contribution in [2.24, 2.45) is 0 Å². The average molecular weight is 670 g/mol. The minimum Gasteiger partial charge on any atom is -0.453 e. The number of hydrogen-bond donors (Lipinski definition) is 0. The predicted molar refractivity (Wildman–Crippen MR) is 213 cm³/mol. The number of rotatable bonds is 4. The van der Waals surface area contributed by atoms with E-state index in [1.807, 2.05) is 17.4 Å². The number of para-hydroxylation sites is 3. The number of nitrogens with zero attached hydrogens (tertiary/aromatic N) is 3. The van der Waals surface area contributed by atoms with Crippen LogP contribution in [-0.2, 0) is 0 Å². The van der Waals surface area contributed by atoms with Gasteiger partial charge in [0, 0.05) is 58.5 Å². The Labute approximate surface area is 296 Å². The van der Waals surface area contributed by atoms with E-state index in [1.165, 1.54) is 25.6 Å². The lowest BCUT2D eigenvalue weighted by Crippen LogP contribution is -1.96. The van der Waals surface area contributed by atoms with Crippen molar-refractivity contribution in [1.82, 2.24) is 14.5 Å². The molecule has 11 rings (SSSR count). The molecule has 0 aliphatic heterocycles. The molecule has 5 heteroatoms. The highest BCUT2D eigenvalue weighted by Gasteiger charge is 2.22. The quantitative estimate of drug-likeness (QED) is 0.187. The zero-order valence-corrected chi connectivity index (χ0v) is 28.1. The molecular formula is C46H27N3OS. The molecule has 4 heterocycles. The van der Waals surface area contributed by atoms with Crippen LogP contribution in [0, 0.1) is 0 Å². The molecule has 0 radical (unpaired) electrons. The van der Waals surface area contributed by atoms with E-state index in [4.69, 9.17) is 14.4 Å². The minimum atomic E-state index is 0.631. The number of thiophene rings is 1. The van der Waals surface area contributed by atoms with Gasteiger partial charge in [0.1, 0.15) is 5.58 Å². The molecule has 4 aromatic heterocycles. The Balaban J connectivity index is 1.18. The van der Waals surface area contributed by atoms with E-state index in [0.29, 0.717) is 5.82 Å². The Morgan fingerprint density at radius 2 is 1.12 bits per heavy atom. The predicted octanol–water partition coefficient (Wildman–Crippen LogP) is 12.8. The van der Waals surface area contributed by atoms with Gasteiger partial charge < -0.3 is 8.98 Å². The van der Waals surface area contributed by atoms with Crippen LogP contribution in [-0.4, -0.2) is 14.5 Å². The number of fused-ring (bicyclic) bond motifs is 10. The Kier molecular flexibility index (Phi) is 6.09. The van der Waals surface area contributed by atoms with Crippen molar-refractivity contribution in [2.45, 2.75) is 0 Å². The van der Waals surface area contributed by atoms with Gasteiger partial charge in [0.05, 0.1) is 28.0 Å². The summed E-state index contributed by atoms with van der Waals surface area (Å²) in [6.07, 6.45) is 0. The highest BCUT2D eigenvalue weighted by molar-refractivity contribution is 7.25. The molecule has 51 heavy (non-hydrogen) atoms. The molecule has 0 unspecified atom stereocenters. The van der Waals surface area contributed by atoms with Crippen molar-refractivity contribution >= 4 is 75.3 Å². The van der Waals surface area contributed by atoms with E-state index in [2.05, 4.69) is 162 Å².